The summed E-state index contributed by atoms with van der Waals surface area (Å²) in [6.07, 6.45) is 1.42. The summed E-state index contributed by atoms with van der Waals surface area (Å²) in [6, 6.07) is 3.71. The fraction of sp³-hybridized carbons (Fsp3) is 0.417. The van der Waals surface area contributed by atoms with Gasteiger partial charge in [0.15, 0.2) is 17.3 Å². The van der Waals surface area contributed by atoms with Crippen molar-refractivity contribution in [2.24, 2.45) is 0 Å². The molecule has 0 atom stereocenters. The van der Waals surface area contributed by atoms with Crippen LogP contribution >= 0.6 is 0 Å². The van der Waals surface area contributed by atoms with Crippen LogP contribution in [0.2, 0.25) is 0 Å². The number of Topliss-reactive ketones (excluding diaryl/α,β-unsaturated/α-hetero) is 1. The Hall–Kier alpha value is -1.51. The van der Waals surface area contributed by atoms with Gasteiger partial charge in [-0.15, -0.1) is 0 Å². The van der Waals surface area contributed by atoms with Gasteiger partial charge in [0.25, 0.3) is 0 Å². The molecule has 80 valence electrons. The number of benzene rings is 1. The lowest BCUT2D eigenvalue weighted by molar-refractivity contribution is 0.0994. The van der Waals surface area contributed by atoms with Crippen LogP contribution in [0.4, 0.5) is 0 Å². The minimum Gasteiger partial charge on any atom is -0.493 e. The molecular weight excluding hydrogens is 192 g/mol. The fourth-order valence-corrected chi connectivity index (χ4v) is 1.88. The Morgan fingerprint density at radius 3 is 2.73 bits per heavy atom. The van der Waals surface area contributed by atoms with Gasteiger partial charge in [0.05, 0.1) is 13.7 Å². The van der Waals surface area contributed by atoms with E-state index >= 15 is 0 Å². The van der Waals surface area contributed by atoms with E-state index < -0.39 is 0 Å². The molecule has 0 N–H and O–H groups in total. The van der Waals surface area contributed by atoms with E-state index in [2.05, 4.69) is 0 Å². The normalized spacial score (nSPS) is 13.9. The molecule has 0 radical (unpaired) electrons. The first kappa shape index (κ1) is 10.0. The Balaban J connectivity index is 2.46. The topological polar surface area (TPSA) is 35.5 Å². The predicted molar refractivity (Wildman–Crippen MR) is 56.8 cm³/mol. The van der Waals surface area contributed by atoms with Gasteiger partial charge in [0.2, 0.25) is 0 Å². The van der Waals surface area contributed by atoms with Gasteiger partial charge in [-0.1, -0.05) is 0 Å². The highest BCUT2D eigenvalue weighted by atomic mass is 16.5. The molecule has 0 saturated carbocycles. The molecule has 0 unspecified atom stereocenters. The van der Waals surface area contributed by atoms with Crippen LogP contribution in [0.15, 0.2) is 12.1 Å². The van der Waals surface area contributed by atoms with Gasteiger partial charge in [-0.3, -0.25) is 4.79 Å². The Kier molecular flexibility index (Phi) is 2.62. The molecule has 0 aliphatic heterocycles. The molecule has 15 heavy (non-hydrogen) atoms. The summed E-state index contributed by atoms with van der Waals surface area (Å²) < 4.78 is 10.6. The van der Waals surface area contributed by atoms with Crippen LogP contribution in [-0.2, 0) is 6.42 Å². The van der Waals surface area contributed by atoms with Gasteiger partial charge in [-0.2, -0.15) is 0 Å². The largest absolute Gasteiger partial charge is 0.493 e. The molecule has 1 aliphatic carbocycles. The highest BCUT2D eigenvalue weighted by Gasteiger charge is 2.22. The summed E-state index contributed by atoms with van der Waals surface area (Å²) >= 11 is 0. The number of aryl methyl sites for hydroxylation is 1. The molecule has 0 spiro atoms. The van der Waals surface area contributed by atoms with Crippen LogP contribution in [0.1, 0.15) is 29.3 Å². The van der Waals surface area contributed by atoms with Crippen LogP contribution in [0.25, 0.3) is 0 Å². The number of hydrogen-bond donors (Lipinski definition) is 0. The van der Waals surface area contributed by atoms with Crippen molar-refractivity contribution in [2.45, 2.75) is 19.8 Å². The molecular formula is C12H14O3. The van der Waals surface area contributed by atoms with Crippen LogP contribution < -0.4 is 9.47 Å². The highest BCUT2D eigenvalue weighted by Crippen LogP contribution is 2.34. The van der Waals surface area contributed by atoms with Crippen molar-refractivity contribution in [3.8, 4) is 11.5 Å². The van der Waals surface area contributed by atoms with E-state index in [9.17, 15) is 4.79 Å². The Morgan fingerprint density at radius 2 is 2.07 bits per heavy atom. The summed E-state index contributed by atoms with van der Waals surface area (Å²) in [6.45, 7) is 2.53. The third kappa shape index (κ3) is 1.69. The summed E-state index contributed by atoms with van der Waals surface area (Å²) in [5.41, 5.74) is 1.86. The monoisotopic (exact) mass is 206 g/mol. The van der Waals surface area contributed by atoms with E-state index in [4.69, 9.17) is 9.47 Å². The zero-order chi connectivity index (χ0) is 10.8. The second-order valence-electron chi connectivity index (χ2n) is 3.52. The first-order valence-corrected chi connectivity index (χ1v) is 5.13. The molecule has 0 aromatic heterocycles. The van der Waals surface area contributed by atoms with Crippen LogP contribution in [0.5, 0.6) is 11.5 Å². The lowest BCUT2D eigenvalue weighted by atomic mass is 10.1. The van der Waals surface area contributed by atoms with Crippen molar-refractivity contribution in [1.82, 2.24) is 0 Å². The van der Waals surface area contributed by atoms with E-state index in [0.717, 1.165) is 23.3 Å². The van der Waals surface area contributed by atoms with Crippen molar-refractivity contribution in [3.63, 3.8) is 0 Å². The summed E-state index contributed by atoms with van der Waals surface area (Å²) in [7, 11) is 1.59. The summed E-state index contributed by atoms with van der Waals surface area (Å²) in [5.74, 6) is 1.57. The maximum Gasteiger partial charge on any atom is 0.163 e. The zero-order valence-electron chi connectivity index (χ0n) is 9.00. The molecule has 0 heterocycles. The minimum atomic E-state index is 0.200. The van der Waals surface area contributed by atoms with E-state index in [-0.39, 0.29) is 5.78 Å². The summed E-state index contributed by atoms with van der Waals surface area (Å²) in [4.78, 5) is 11.5. The van der Waals surface area contributed by atoms with Crippen LogP contribution in [0, 0.1) is 0 Å². The highest BCUT2D eigenvalue weighted by molar-refractivity contribution is 6.01. The standard InChI is InChI=1S/C12H14O3/c1-3-15-12-6-8-4-5-10(13)9(8)7-11(12)14-2/h6-7H,3-5H2,1-2H3. The SMILES string of the molecule is CCOc1cc2c(cc1OC)C(=O)CC2. The second-order valence-corrected chi connectivity index (χ2v) is 3.52. The Labute approximate surface area is 89.0 Å². The first-order valence-electron chi connectivity index (χ1n) is 5.13. The first-order chi connectivity index (χ1) is 7.26. The quantitative estimate of drug-likeness (QED) is 0.760. The van der Waals surface area contributed by atoms with Crippen molar-refractivity contribution < 1.29 is 14.3 Å². The molecule has 3 nitrogen and oxygen atoms in total. The number of fused-ring (bicyclic) bond motifs is 1. The number of ketones is 1. The van der Waals surface area contributed by atoms with E-state index in [0.29, 0.717) is 18.8 Å². The molecule has 0 bridgehead atoms. The van der Waals surface area contributed by atoms with Crippen molar-refractivity contribution in [2.75, 3.05) is 13.7 Å². The second kappa shape index (κ2) is 3.93. The van der Waals surface area contributed by atoms with Gasteiger partial charge in [0, 0.05) is 12.0 Å². The van der Waals surface area contributed by atoms with Crippen molar-refractivity contribution in [1.29, 1.82) is 0 Å². The predicted octanol–water partition coefficient (Wildman–Crippen LogP) is 2.22. The maximum absolute atomic E-state index is 11.5. The molecule has 2 rings (SSSR count). The Bertz CT molecular complexity index is 396. The third-order valence-electron chi connectivity index (χ3n) is 2.61. The molecule has 0 fully saturated rings. The molecule has 0 amide bonds. The average Bonchev–Trinajstić information content (AvgIpc) is 2.59. The van der Waals surface area contributed by atoms with Gasteiger partial charge in [-0.25, -0.2) is 0 Å². The molecule has 1 aromatic carbocycles. The molecule has 3 heteroatoms. The zero-order valence-corrected chi connectivity index (χ0v) is 9.00. The number of carbonyl (C=O) groups is 1. The van der Waals surface area contributed by atoms with E-state index in [1.807, 2.05) is 13.0 Å². The van der Waals surface area contributed by atoms with E-state index in [1.54, 1.807) is 13.2 Å². The van der Waals surface area contributed by atoms with Crippen LogP contribution in [-0.4, -0.2) is 19.5 Å². The summed E-state index contributed by atoms with van der Waals surface area (Å²) in [5, 5.41) is 0. The molecule has 1 aliphatic rings. The molecule has 1 aromatic rings. The number of carbonyl (C=O) groups excluding carboxylic acids is 1. The van der Waals surface area contributed by atoms with Gasteiger partial charge >= 0.3 is 0 Å². The van der Waals surface area contributed by atoms with Gasteiger partial charge in [0.1, 0.15) is 0 Å². The lowest BCUT2D eigenvalue weighted by Crippen LogP contribution is -1.98. The Morgan fingerprint density at radius 1 is 1.27 bits per heavy atom. The van der Waals surface area contributed by atoms with Crippen molar-refractivity contribution in [3.05, 3.63) is 23.3 Å². The molecule has 0 saturated heterocycles. The smallest absolute Gasteiger partial charge is 0.163 e. The average molecular weight is 206 g/mol. The van der Waals surface area contributed by atoms with E-state index in [1.165, 1.54) is 0 Å². The van der Waals surface area contributed by atoms with Gasteiger partial charge in [-0.05, 0) is 31.0 Å². The number of methoxy groups -OCH3 is 1. The number of rotatable bonds is 3. The third-order valence-corrected chi connectivity index (χ3v) is 2.61. The minimum absolute atomic E-state index is 0.200. The maximum atomic E-state index is 11.5. The fourth-order valence-electron chi connectivity index (χ4n) is 1.88. The van der Waals surface area contributed by atoms with Crippen molar-refractivity contribution >= 4 is 5.78 Å². The number of hydrogen-bond acceptors (Lipinski definition) is 3. The lowest BCUT2D eigenvalue weighted by Gasteiger charge is -2.10. The van der Waals surface area contributed by atoms with Crippen LogP contribution in [0.3, 0.4) is 0 Å². The number of ether oxygens (including phenoxy) is 2. The van der Waals surface area contributed by atoms with Gasteiger partial charge < -0.3 is 9.47 Å².